The van der Waals surface area contributed by atoms with Crippen molar-refractivity contribution in [2.24, 2.45) is 0 Å². The zero-order chi connectivity index (χ0) is 27.3. The van der Waals surface area contributed by atoms with Gasteiger partial charge in [-0.1, -0.05) is 99.6 Å². The van der Waals surface area contributed by atoms with Crippen LogP contribution in [0.5, 0.6) is 0 Å². The second-order valence-corrected chi connectivity index (χ2v) is 10.7. The molecule has 3 aromatic carbocycles. The Morgan fingerprint density at radius 3 is 2.18 bits per heavy atom. The molecule has 0 unspecified atom stereocenters. The first kappa shape index (κ1) is 26.9. The third-order valence-corrected chi connectivity index (χ3v) is 6.87. The van der Waals surface area contributed by atoms with E-state index in [0.29, 0.717) is 0 Å². The Morgan fingerprint density at radius 2 is 1.55 bits per heavy atom. The summed E-state index contributed by atoms with van der Waals surface area (Å²) >= 11 is 0. The Labute approximate surface area is 223 Å². The Hall–Kier alpha value is -4.13. The van der Waals surface area contributed by atoms with Gasteiger partial charge in [0.2, 0.25) is 5.91 Å². The fourth-order valence-electron chi connectivity index (χ4n) is 4.60. The van der Waals surface area contributed by atoms with Crippen molar-refractivity contribution in [1.29, 1.82) is 0 Å². The van der Waals surface area contributed by atoms with Gasteiger partial charge in [-0.25, -0.2) is 9.59 Å². The number of rotatable bonds is 7. The summed E-state index contributed by atoms with van der Waals surface area (Å²) in [5.41, 5.74) is 4.64. The molecule has 2 amide bonds. The van der Waals surface area contributed by atoms with Crippen LogP contribution < -0.4 is 5.32 Å². The van der Waals surface area contributed by atoms with E-state index in [9.17, 15) is 19.5 Å². The van der Waals surface area contributed by atoms with E-state index in [4.69, 9.17) is 4.74 Å². The van der Waals surface area contributed by atoms with Crippen LogP contribution in [-0.2, 0) is 45.7 Å². The first-order chi connectivity index (χ1) is 18.1. The molecule has 4 rings (SSSR count). The SMILES string of the molecule is CC(C)(C)c1ccc(C[C@@H](NC(=O)[C@@H]2Cc3ccccc3CN2C(=O)OCc2ccccc2)C(=O)O)cc1. The standard InChI is InChI=1S/C31H34N2O5/c1-31(2,3)25-15-13-21(14-16-25)17-26(29(35)36)32-28(34)27-18-23-11-7-8-12-24(23)19-33(27)30(37)38-20-22-9-5-4-6-10-22/h4-16,26-27H,17-20H2,1-3H3,(H,32,34)(H,35,36)/t26-,27+/m1/s1. The van der Waals surface area contributed by atoms with Crippen LogP contribution in [-0.4, -0.2) is 40.1 Å². The number of hydrogen-bond acceptors (Lipinski definition) is 4. The zero-order valence-electron chi connectivity index (χ0n) is 22.0. The third kappa shape index (κ3) is 6.59. The van der Waals surface area contributed by atoms with E-state index in [1.54, 1.807) is 0 Å². The Kier molecular flexibility index (Phi) is 8.15. The van der Waals surface area contributed by atoms with Crippen molar-refractivity contribution < 1.29 is 24.2 Å². The van der Waals surface area contributed by atoms with Gasteiger partial charge < -0.3 is 15.2 Å². The lowest BCUT2D eigenvalue weighted by Crippen LogP contribution is -2.56. The smallest absolute Gasteiger partial charge is 0.411 e. The summed E-state index contributed by atoms with van der Waals surface area (Å²) in [7, 11) is 0. The van der Waals surface area contributed by atoms with Gasteiger partial charge >= 0.3 is 12.1 Å². The highest BCUT2D eigenvalue weighted by molar-refractivity contribution is 5.90. The highest BCUT2D eigenvalue weighted by Crippen LogP contribution is 2.25. The number of fused-ring (bicyclic) bond motifs is 1. The molecular formula is C31H34N2O5. The number of benzene rings is 3. The van der Waals surface area contributed by atoms with Crippen molar-refractivity contribution in [2.75, 3.05) is 0 Å². The van der Waals surface area contributed by atoms with Gasteiger partial charge in [0, 0.05) is 12.8 Å². The molecule has 1 aliphatic rings. The number of ether oxygens (including phenoxy) is 1. The van der Waals surface area contributed by atoms with E-state index in [1.807, 2.05) is 78.9 Å². The number of nitrogens with zero attached hydrogens (tertiary/aromatic N) is 1. The van der Waals surface area contributed by atoms with Gasteiger partial charge in [0.25, 0.3) is 0 Å². The molecule has 2 N–H and O–H groups in total. The van der Waals surface area contributed by atoms with E-state index in [0.717, 1.165) is 27.8 Å². The van der Waals surface area contributed by atoms with Gasteiger partial charge in [0.15, 0.2) is 0 Å². The van der Waals surface area contributed by atoms with Gasteiger partial charge in [-0.15, -0.1) is 0 Å². The predicted molar refractivity (Wildman–Crippen MR) is 145 cm³/mol. The van der Waals surface area contributed by atoms with Crippen molar-refractivity contribution in [3.63, 3.8) is 0 Å². The molecule has 7 nitrogen and oxygen atoms in total. The van der Waals surface area contributed by atoms with Crippen LogP contribution in [0.3, 0.4) is 0 Å². The molecule has 0 aliphatic carbocycles. The number of carboxylic acid groups (broad SMARTS) is 1. The number of nitrogens with one attached hydrogen (secondary N) is 1. The van der Waals surface area contributed by atoms with Gasteiger partial charge in [0.1, 0.15) is 18.7 Å². The summed E-state index contributed by atoms with van der Waals surface area (Å²) in [4.78, 5) is 40.1. The number of carbonyl (C=O) groups is 3. The maximum atomic E-state index is 13.5. The Morgan fingerprint density at radius 1 is 0.921 bits per heavy atom. The molecule has 1 aliphatic heterocycles. The fourth-order valence-corrected chi connectivity index (χ4v) is 4.60. The predicted octanol–water partition coefficient (Wildman–Crippen LogP) is 4.86. The lowest BCUT2D eigenvalue weighted by atomic mass is 9.86. The topological polar surface area (TPSA) is 95.9 Å². The van der Waals surface area contributed by atoms with E-state index in [2.05, 4.69) is 26.1 Å². The van der Waals surface area contributed by atoms with Crippen molar-refractivity contribution in [3.05, 3.63) is 107 Å². The Bertz CT molecular complexity index is 1280. The molecule has 198 valence electrons. The molecule has 7 heteroatoms. The second-order valence-electron chi connectivity index (χ2n) is 10.7. The highest BCUT2D eigenvalue weighted by atomic mass is 16.6. The lowest BCUT2D eigenvalue weighted by molar-refractivity contribution is -0.142. The molecule has 38 heavy (non-hydrogen) atoms. The minimum Gasteiger partial charge on any atom is -0.480 e. The van der Waals surface area contributed by atoms with Crippen LogP contribution in [0.1, 0.15) is 48.6 Å². The van der Waals surface area contributed by atoms with E-state index < -0.39 is 30.1 Å². The lowest BCUT2D eigenvalue weighted by Gasteiger charge is -2.35. The van der Waals surface area contributed by atoms with Crippen LogP contribution in [0.15, 0.2) is 78.9 Å². The summed E-state index contributed by atoms with van der Waals surface area (Å²) < 4.78 is 5.54. The zero-order valence-corrected chi connectivity index (χ0v) is 22.0. The van der Waals surface area contributed by atoms with Crippen molar-refractivity contribution in [1.82, 2.24) is 10.2 Å². The van der Waals surface area contributed by atoms with Crippen LogP contribution in [0.2, 0.25) is 0 Å². The molecule has 0 radical (unpaired) electrons. The number of carboxylic acids is 1. The molecule has 1 heterocycles. The largest absolute Gasteiger partial charge is 0.480 e. The molecule has 0 bridgehead atoms. The molecule has 2 atom stereocenters. The molecule has 0 saturated carbocycles. The van der Waals surface area contributed by atoms with Gasteiger partial charge in [-0.05, 0) is 33.2 Å². The fraction of sp³-hybridized carbons (Fsp3) is 0.323. The molecule has 0 saturated heterocycles. The van der Waals surface area contributed by atoms with Crippen LogP contribution in [0.4, 0.5) is 4.79 Å². The van der Waals surface area contributed by atoms with Gasteiger partial charge in [-0.3, -0.25) is 9.69 Å². The van der Waals surface area contributed by atoms with Gasteiger partial charge in [0.05, 0.1) is 6.54 Å². The molecule has 0 spiro atoms. The quantitative estimate of drug-likeness (QED) is 0.470. The monoisotopic (exact) mass is 514 g/mol. The highest BCUT2D eigenvalue weighted by Gasteiger charge is 2.37. The van der Waals surface area contributed by atoms with E-state index in [1.165, 1.54) is 4.90 Å². The minimum absolute atomic E-state index is 0.0191. The maximum Gasteiger partial charge on any atom is 0.411 e. The summed E-state index contributed by atoms with van der Waals surface area (Å²) in [6, 6.07) is 22.7. The average Bonchev–Trinajstić information content (AvgIpc) is 2.90. The summed E-state index contributed by atoms with van der Waals surface area (Å²) in [5, 5.41) is 12.6. The number of aliphatic carboxylic acids is 1. The van der Waals surface area contributed by atoms with Crippen LogP contribution in [0, 0.1) is 0 Å². The molecule has 3 aromatic rings. The summed E-state index contributed by atoms with van der Waals surface area (Å²) in [6.45, 7) is 6.62. The molecular weight excluding hydrogens is 480 g/mol. The first-order valence-corrected chi connectivity index (χ1v) is 12.8. The van der Waals surface area contributed by atoms with E-state index >= 15 is 0 Å². The summed E-state index contributed by atoms with van der Waals surface area (Å²) in [6.07, 6.45) is -0.212. The number of carbonyl (C=O) groups excluding carboxylic acids is 2. The number of amides is 2. The van der Waals surface area contributed by atoms with Crippen molar-refractivity contribution in [2.45, 2.75) is 64.3 Å². The van der Waals surface area contributed by atoms with Gasteiger partial charge in [-0.2, -0.15) is 0 Å². The normalized spacial score (nSPS) is 15.8. The summed E-state index contributed by atoms with van der Waals surface area (Å²) in [5.74, 6) is -1.65. The first-order valence-electron chi connectivity index (χ1n) is 12.8. The maximum absolute atomic E-state index is 13.5. The number of hydrogen-bond donors (Lipinski definition) is 2. The van der Waals surface area contributed by atoms with Crippen LogP contribution in [0.25, 0.3) is 0 Å². The third-order valence-electron chi connectivity index (χ3n) is 6.87. The average molecular weight is 515 g/mol. The van der Waals surface area contributed by atoms with E-state index in [-0.39, 0.29) is 31.4 Å². The molecule has 0 aromatic heterocycles. The van der Waals surface area contributed by atoms with Crippen molar-refractivity contribution >= 4 is 18.0 Å². The second kappa shape index (κ2) is 11.5. The molecule has 0 fully saturated rings. The van der Waals surface area contributed by atoms with Crippen LogP contribution >= 0.6 is 0 Å². The van der Waals surface area contributed by atoms with Crippen molar-refractivity contribution in [3.8, 4) is 0 Å². The minimum atomic E-state index is -1.14. The Balaban J connectivity index is 1.50.